The molecule has 244 valence electrons. The molecule has 0 bridgehead atoms. The summed E-state index contributed by atoms with van der Waals surface area (Å²) in [7, 11) is 0. The molecule has 0 saturated carbocycles. The van der Waals surface area contributed by atoms with E-state index in [1.54, 1.807) is 24.3 Å². The van der Waals surface area contributed by atoms with Crippen molar-refractivity contribution in [2.75, 3.05) is 18.0 Å². The van der Waals surface area contributed by atoms with Crippen LogP contribution in [0.25, 0.3) is 11.3 Å². The number of carboxylic acid groups (broad SMARTS) is 1. The number of aromatic nitrogens is 1. The topological polar surface area (TPSA) is 109 Å². The largest absolute Gasteiger partial charge is 0.480 e. The number of benzene rings is 3. The number of rotatable bonds is 18. The number of carbonyl (C=O) groups is 2. The molecule has 1 atom stereocenters. The first-order valence-corrected chi connectivity index (χ1v) is 17.2. The van der Waals surface area contributed by atoms with Gasteiger partial charge in [0.05, 0.1) is 17.2 Å². The number of thiazole rings is 1. The molecule has 1 amide bonds. The summed E-state index contributed by atoms with van der Waals surface area (Å²) in [6.45, 7) is 10.4. The number of amides is 1. The fourth-order valence-corrected chi connectivity index (χ4v) is 7.01. The lowest BCUT2D eigenvalue weighted by Crippen LogP contribution is -2.55. The first kappa shape index (κ1) is 34.9. The molecule has 0 aliphatic rings. The maximum atomic E-state index is 12.8. The molecule has 0 radical (unpaired) electrons. The molecule has 0 saturated heterocycles. The van der Waals surface area contributed by atoms with Crippen LogP contribution >= 0.6 is 11.3 Å². The van der Waals surface area contributed by atoms with Crippen molar-refractivity contribution in [3.63, 3.8) is 0 Å². The highest BCUT2D eigenvalue weighted by Gasteiger charge is 2.40. The molecule has 3 aromatic carbocycles. The second-order valence-electron chi connectivity index (χ2n) is 12.5. The van der Waals surface area contributed by atoms with Crippen molar-refractivity contribution in [1.82, 2.24) is 10.3 Å². The quantitative estimate of drug-likeness (QED) is 0.103. The normalized spacial score (nSPS) is 12.7. The van der Waals surface area contributed by atoms with E-state index in [-0.39, 0.29) is 6.42 Å². The predicted molar refractivity (Wildman–Crippen MR) is 189 cm³/mol. The number of anilines is 1. The monoisotopic (exact) mass is 640 g/mol. The zero-order valence-electron chi connectivity index (χ0n) is 27.5. The summed E-state index contributed by atoms with van der Waals surface area (Å²) >= 11 is 1.43. The number of primary amides is 1. The van der Waals surface area contributed by atoms with Crippen LogP contribution in [0.3, 0.4) is 0 Å². The van der Waals surface area contributed by atoms with Gasteiger partial charge in [-0.3, -0.25) is 14.9 Å². The molecule has 4 N–H and O–H groups in total. The van der Waals surface area contributed by atoms with E-state index in [4.69, 9.17) is 10.7 Å². The van der Waals surface area contributed by atoms with Crippen LogP contribution < -0.4 is 16.0 Å². The van der Waals surface area contributed by atoms with Crippen molar-refractivity contribution in [2.45, 2.75) is 77.8 Å². The Labute approximate surface area is 277 Å². The van der Waals surface area contributed by atoms with Gasteiger partial charge in [-0.15, -0.1) is 11.3 Å². The summed E-state index contributed by atoms with van der Waals surface area (Å²) in [4.78, 5) is 31.6. The van der Waals surface area contributed by atoms with Crippen molar-refractivity contribution in [2.24, 2.45) is 11.7 Å². The van der Waals surface area contributed by atoms with E-state index in [0.29, 0.717) is 22.4 Å². The summed E-state index contributed by atoms with van der Waals surface area (Å²) < 4.78 is 0. The number of hydrogen-bond acceptors (Lipinski definition) is 6. The third-order valence-electron chi connectivity index (χ3n) is 8.41. The van der Waals surface area contributed by atoms with Crippen LogP contribution in [0.4, 0.5) is 5.69 Å². The third-order valence-corrected chi connectivity index (χ3v) is 9.26. The molecule has 8 heteroatoms. The van der Waals surface area contributed by atoms with Gasteiger partial charge in [-0.1, -0.05) is 107 Å². The summed E-state index contributed by atoms with van der Waals surface area (Å²) in [6, 6.07) is 26.7. The number of nitrogens with two attached hydrogens (primary N) is 1. The standard InChI is InChI=1S/C38H48N4O3S/c1-5-10-29(11-6-2)30-18-20-33(21-19-30)42(24-27(3)4)25-28-14-16-31(17-15-28)34-26-46-35(41-34)22-38(37(39)45,40-23-36(43)44)32-12-8-7-9-13-32/h7-9,12-21,26-27,29,40H,5-6,10-11,22-25H2,1-4H3,(H2,39,45)(H,43,44). The van der Waals surface area contributed by atoms with Crippen LogP contribution in [0, 0.1) is 5.92 Å². The highest BCUT2D eigenvalue weighted by Crippen LogP contribution is 2.31. The molecule has 4 aromatic rings. The van der Waals surface area contributed by atoms with Gasteiger partial charge in [0.2, 0.25) is 5.91 Å². The lowest BCUT2D eigenvalue weighted by atomic mass is 9.85. The van der Waals surface area contributed by atoms with Gasteiger partial charge in [0.1, 0.15) is 5.54 Å². The number of nitrogens with one attached hydrogen (secondary N) is 1. The Kier molecular flexibility index (Phi) is 12.5. The second kappa shape index (κ2) is 16.5. The molecule has 1 aromatic heterocycles. The Hall–Kier alpha value is -4.01. The molecule has 0 aliphatic heterocycles. The Morgan fingerprint density at radius 2 is 1.61 bits per heavy atom. The summed E-state index contributed by atoms with van der Waals surface area (Å²) in [5.41, 5.74) is 10.8. The first-order chi connectivity index (χ1) is 22.1. The Balaban J connectivity index is 1.51. The molecule has 4 rings (SSSR count). The van der Waals surface area contributed by atoms with Crippen LogP contribution in [0.2, 0.25) is 0 Å². The van der Waals surface area contributed by atoms with E-state index in [1.807, 2.05) is 11.4 Å². The van der Waals surface area contributed by atoms with E-state index in [0.717, 1.165) is 24.3 Å². The maximum absolute atomic E-state index is 12.8. The molecule has 1 heterocycles. The average Bonchev–Trinajstić information content (AvgIpc) is 3.51. The number of hydrogen-bond donors (Lipinski definition) is 3. The van der Waals surface area contributed by atoms with Crippen LogP contribution in [-0.2, 0) is 28.1 Å². The van der Waals surface area contributed by atoms with Crippen molar-refractivity contribution in [1.29, 1.82) is 0 Å². The zero-order chi connectivity index (χ0) is 33.1. The number of nitrogens with zero attached hydrogens (tertiary/aromatic N) is 2. The van der Waals surface area contributed by atoms with Crippen molar-refractivity contribution >= 4 is 28.9 Å². The Bertz CT molecular complexity index is 1530. The number of carboxylic acids is 1. The van der Waals surface area contributed by atoms with E-state index >= 15 is 0 Å². The molecule has 1 unspecified atom stereocenters. The van der Waals surface area contributed by atoms with Gasteiger partial charge in [-0.05, 0) is 53.5 Å². The number of carbonyl (C=O) groups excluding carboxylic acids is 1. The predicted octanol–water partition coefficient (Wildman–Crippen LogP) is 7.75. The lowest BCUT2D eigenvalue weighted by molar-refractivity contribution is -0.136. The van der Waals surface area contributed by atoms with Crippen molar-refractivity contribution in [3.05, 3.63) is 106 Å². The first-order valence-electron chi connectivity index (χ1n) is 16.4. The highest BCUT2D eigenvalue weighted by molar-refractivity contribution is 7.10. The van der Waals surface area contributed by atoms with Crippen LogP contribution in [0.1, 0.15) is 81.0 Å². The van der Waals surface area contributed by atoms with E-state index in [9.17, 15) is 14.7 Å². The molecule has 0 aliphatic carbocycles. The molecule has 0 fully saturated rings. The van der Waals surface area contributed by atoms with Gasteiger partial charge in [0.25, 0.3) is 0 Å². The minimum Gasteiger partial charge on any atom is -0.480 e. The average molecular weight is 641 g/mol. The smallest absolute Gasteiger partial charge is 0.317 e. The van der Waals surface area contributed by atoms with E-state index in [2.05, 4.69) is 86.4 Å². The van der Waals surface area contributed by atoms with Gasteiger partial charge in [-0.25, -0.2) is 4.98 Å². The minimum atomic E-state index is -1.40. The van der Waals surface area contributed by atoms with E-state index in [1.165, 1.54) is 53.8 Å². The molecule has 0 spiro atoms. The summed E-state index contributed by atoms with van der Waals surface area (Å²) in [6.07, 6.45) is 5.02. The fourth-order valence-electron chi connectivity index (χ4n) is 6.12. The lowest BCUT2D eigenvalue weighted by Gasteiger charge is -2.31. The second-order valence-corrected chi connectivity index (χ2v) is 13.5. The van der Waals surface area contributed by atoms with Gasteiger partial charge in [-0.2, -0.15) is 0 Å². The highest BCUT2D eigenvalue weighted by atomic mass is 32.1. The third kappa shape index (κ3) is 9.04. The molecule has 46 heavy (non-hydrogen) atoms. The maximum Gasteiger partial charge on any atom is 0.317 e. The number of aliphatic carboxylic acids is 1. The fraction of sp³-hybridized carbons (Fsp3) is 0.395. The van der Waals surface area contributed by atoms with Crippen molar-refractivity contribution in [3.8, 4) is 11.3 Å². The molecular weight excluding hydrogens is 593 g/mol. The zero-order valence-corrected chi connectivity index (χ0v) is 28.4. The van der Waals surface area contributed by atoms with Crippen LogP contribution in [-0.4, -0.2) is 35.1 Å². The minimum absolute atomic E-state index is 0.142. The van der Waals surface area contributed by atoms with Crippen molar-refractivity contribution < 1.29 is 14.7 Å². The van der Waals surface area contributed by atoms with Gasteiger partial charge in [0.15, 0.2) is 0 Å². The van der Waals surface area contributed by atoms with Gasteiger partial charge >= 0.3 is 5.97 Å². The molecule has 7 nitrogen and oxygen atoms in total. The summed E-state index contributed by atoms with van der Waals surface area (Å²) in [5.74, 6) is -0.567. The van der Waals surface area contributed by atoms with Gasteiger partial charge in [0, 0.05) is 36.1 Å². The van der Waals surface area contributed by atoms with Crippen LogP contribution in [0.5, 0.6) is 0 Å². The van der Waals surface area contributed by atoms with Gasteiger partial charge < -0.3 is 15.7 Å². The summed E-state index contributed by atoms with van der Waals surface area (Å²) in [5, 5.41) is 14.9. The van der Waals surface area contributed by atoms with Crippen LogP contribution in [0.15, 0.2) is 84.2 Å². The van der Waals surface area contributed by atoms with E-state index < -0.39 is 24.0 Å². The Morgan fingerprint density at radius 3 is 2.17 bits per heavy atom. The molecular formula is C38H48N4O3S. The Morgan fingerprint density at radius 1 is 0.957 bits per heavy atom. The SMILES string of the molecule is CCCC(CCC)c1ccc(N(Cc2ccc(-c3csc(CC(NCC(=O)O)(C(N)=O)c4ccccc4)n3)cc2)CC(C)C)cc1.